The molecule has 2 aromatic carbocycles. The molecule has 2 amide bonds. The van der Waals surface area contributed by atoms with Crippen LogP contribution in [0.2, 0.25) is 0 Å². The van der Waals surface area contributed by atoms with Crippen molar-refractivity contribution >= 4 is 31.2 Å². The van der Waals surface area contributed by atoms with Crippen LogP contribution in [0.15, 0.2) is 71.2 Å². The molecular weight excluding hydrogens is 329 g/mol. The maximum atomic E-state index is 12.4. The summed E-state index contributed by atoms with van der Waals surface area (Å²) in [6.45, 7) is 0.337. The fraction of sp³-hybridized carbons (Fsp3) is 0.0588. The van der Waals surface area contributed by atoms with Crippen LogP contribution in [0.1, 0.15) is 5.56 Å². The van der Waals surface area contributed by atoms with Crippen LogP contribution in [0.3, 0.4) is 0 Å². The molecule has 1 aliphatic rings. The molecule has 0 radical (unpaired) electrons. The number of hydrogen-bond acceptors (Lipinski definition) is 2. The molecule has 4 heteroatoms. The van der Waals surface area contributed by atoms with Crippen LogP contribution in [-0.2, 0) is 16.1 Å². The van der Waals surface area contributed by atoms with Crippen molar-refractivity contribution in [1.82, 2.24) is 4.90 Å². The zero-order valence-electron chi connectivity index (χ0n) is 11.2. The minimum atomic E-state index is -0.211. The predicted octanol–water partition coefficient (Wildman–Crippen LogP) is 1.47. The molecular formula is C17H13NO2Se. The van der Waals surface area contributed by atoms with Gasteiger partial charge in [-0.2, -0.15) is 0 Å². The van der Waals surface area contributed by atoms with Gasteiger partial charge in [0.15, 0.2) is 0 Å². The molecule has 21 heavy (non-hydrogen) atoms. The number of carbonyl (C=O) groups excluding carboxylic acids is 2. The van der Waals surface area contributed by atoms with Crippen LogP contribution in [0.5, 0.6) is 0 Å². The van der Waals surface area contributed by atoms with Gasteiger partial charge in [0.25, 0.3) is 0 Å². The summed E-state index contributed by atoms with van der Waals surface area (Å²) in [5.41, 5.74) is 0.959. The number of amides is 2. The van der Waals surface area contributed by atoms with Crippen LogP contribution in [0.4, 0.5) is 0 Å². The number of imide groups is 1. The third kappa shape index (κ3) is 3.13. The van der Waals surface area contributed by atoms with E-state index in [4.69, 9.17) is 0 Å². The van der Waals surface area contributed by atoms with Gasteiger partial charge in [-0.05, 0) is 0 Å². The van der Waals surface area contributed by atoms with E-state index in [1.165, 1.54) is 11.0 Å². The fourth-order valence-corrected chi connectivity index (χ4v) is 3.99. The van der Waals surface area contributed by atoms with Gasteiger partial charge in [-0.25, -0.2) is 0 Å². The second kappa shape index (κ2) is 6.08. The molecule has 0 saturated heterocycles. The van der Waals surface area contributed by atoms with Gasteiger partial charge in [-0.1, -0.05) is 0 Å². The van der Waals surface area contributed by atoms with E-state index in [0.29, 0.717) is 11.0 Å². The van der Waals surface area contributed by atoms with Crippen molar-refractivity contribution in [1.29, 1.82) is 0 Å². The Morgan fingerprint density at radius 3 is 2.14 bits per heavy atom. The molecule has 0 aliphatic carbocycles. The Balaban J connectivity index is 1.73. The third-order valence-electron chi connectivity index (χ3n) is 3.13. The van der Waals surface area contributed by atoms with Crippen molar-refractivity contribution in [3.05, 3.63) is 76.8 Å². The molecule has 104 valence electrons. The number of nitrogens with zero attached hydrogens (tertiary/aromatic N) is 1. The van der Waals surface area contributed by atoms with Gasteiger partial charge in [0.2, 0.25) is 0 Å². The maximum absolute atomic E-state index is 12.4. The second-order valence-electron chi connectivity index (χ2n) is 4.64. The van der Waals surface area contributed by atoms with Gasteiger partial charge >= 0.3 is 129 Å². The number of benzene rings is 2. The van der Waals surface area contributed by atoms with E-state index in [1.54, 1.807) is 0 Å². The van der Waals surface area contributed by atoms with Crippen LogP contribution in [0, 0.1) is 0 Å². The van der Waals surface area contributed by atoms with Crippen molar-refractivity contribution in [2.45, 2.75) is 6.54 Å². The standard InChI is InChI=1S/C17H13NO2Se/c19-16-11-15(21-14-9-5-2-6-10-14)17(20)18(16)12-13-7-3-1-4-8-13/h1-11H,12H2. The van der Waals surface area contributed by atoms with Gasteiger partial charge in [0, 0.05) is 0 Å². The first-order valence-electron chi connectivity index (χ1n) is 6.58. The predicted molar refractivity (Wildman–Crippen MR) is 81.9 cm³/mol. The number of hydrogen-bond donors (Lipinski definition) is 0. The Bertz CT molecular complexity index is 695. The summed E-state index contributed by atoms with van der Waals surface area (Å²) >= 11 is -0.126. The van der Waals surface area contributed by atoms with Crippen LogP contribution < -0.4 is 4.46 Å². The minimum absolute atomic E-state index is 0.126. The third-order valence-corrected chi connectivity index (χ3v) is 5.27. The Morgan fingerprint density at radius 1 is 0.857 bits per heavy atom. The van der Waals surface area contributed by atoms with E-state index in [2.05, 4.69) is 0 Å². The zero-order chi connectivity index (χ0) is 14.7. The molecule has 0 aromatic heterocycles. The molecule has 2 aromatic rings. The van der Waals surface area contributed by atoms with Gasteiger partial charge in [0.1, 0.15) is 0 Å². The average molecular weight is 342 g/mol. The molecule has 0 N–H and O–H groups in total. The van der Waals surface area contributed by atoms with E-state index in [-0.39, 0.29) is 26.8 Å². The van der Waals surface area contributed by atoms with Crippen LogP contribution in [-0.4, -0.2) is 31.7 Å². The van der Waals surface area contributed by atoms with Crippen molar-refractivity contribution in [3.8, 4) is 0 Å². The number of carbonyl (C=O) groups is 2. The summed E-state index contributed by atoms with van der Waals surface area (Å²) in [5, 5.41) is 0. The van der Waals surface area contributed by atoms with E-state index in [0.717, 1.165) is 10.0 Å². The summed E-state index contributed by atoms with van der Waals surface area (Å²) in [4.78, 5) is 25.7. The first-order valence-corrected chi connectivity index (χ1v) is 8.30. The van der Waals surface area contributed by atoms with Crippen molar-refractivity contribution in [2.24, 2.45) is 0 Å². The molecule has 0 unspecified atom stereocenters. The Morgan fingerprint density at radius 2 is 1.48 bits per heavy atom. The molecule has 3 nitrogen and oxygen atoms in total. The van der Waals surface area contributed by atoms with Gasteiger partial charge in [-0.3, -0.25) is 0 Å². The Labute approximate surface area is 129 Å². The summed E-state index contributed by atoms with van der Waals surface area (Å²) in [6, 6.07) is 19.4. The molecule has 3 rings (SSSR count). The normalized spacial score (nSPS) is 14.5. The average Bonchev–Trinajstić information content (AvgIpc) is 2.77. The van der Waals surface area contributed by atoms with Crippen molar-refractivity contribution in [2.75, 3.05) is 0 Å². The summed E-state index contributed by atoms with van der Waals surface area (Å²) in [7, 11) is 0. The van der Waals surface area contributed by atoms with E-state index >= 15 is 0 Å². The second-order valence-corrected chi connectivity index (χ2v) is 6.98. The van der Waals surface area contributed by atoms with E-state index in [1.807, 2.05) is 60.7 Å². The SMILES string of the molecule is O=C1C=C([Se]c2ccccc2)C(=O)N1Cc1ccccc1. The molecule has 0 bridgehead atoms. The Hall–Kier alpha value is -2.16. The van der Waals surface area contributed by atoms with Crippen molar-refractivity contribution in [3.63, 3.8) is 0 Å². The van der Waals surface area contributed by atoms with Gasteiger partial charge in [0.05, 0.1) is 0 Å². The molecule has 0 atom stereocenters. The topological polar surface area (TPSA) is 37.4 Å². The molecule has 1 heterocycles. The fourth-order valence-electron chi connectivity index (χ4n) is 2.09. The van der Waals surface area contributed by atoms with E-state index < -0.39 is 0 Å². The molecule has 0 fully saturated rings. The van der Waals surface area contributed by atoms with Gasteiger partial charge in [-0.15, -0.1) is 0 Å². The zero-order valence-corrected chi connectivity index (χ0v) is 12.9. The molecule has 1 aliphatic heterocycles. The quantitative estimate of drug-likeness (QED) is 0.623. The van der Waals surface area contributed by atoms with Crippen LogP contribution >= 0.6 is 0 Å². The van der Waals surface area contributed by atoms with Crippen LogP contribution in [0.25, 0.3) is 0 Å². The Kier molecular flexibility index (Phi) is 4.00. The van der Waals surface area contributed by atoms with Gasteiger partial charge < -0.3 is 0 Å². The van der Waals surface area contributed by atoms with E-state index in [9.17, 15) is 9.59 Å². The summed E-state index contributed by atoms with van der Waals surface area (Å²) in [5.74, 6) is -0.371. The first kappa shape index (κ1) is 13.8. The number of rotatable bonds is 4. The monoisotopic (exact) mass is 343 g/mol. The van der Waals surface area contributed by atoms with Crippen molar-refractivity contribution < 1.29 is 9.59 Å². The molecule has 0 spiro atoms. The summed E-state index contributed by atoms with van der Waals surface area (Å²) < 4.78 is 1.72. The first-order chi connectivity index (χ1) is 10.2. The summed E-state index contributed by atoms with van der Waals surface area (Å²) in [6.07, 6.45) is 1.48. The molecule has 0 saturated carbocycles.